The second-order valence-electron chi connectivity index (χ2n) is 10.5. The molecule has 1 aromatic carbocycles. The number of hydrogen-bond acceptors (Lipinski definition) is 12. The highest BCUT2D eigenvalue weighted by molar-refractivity contribution is 5.76. The van der Waals surface area contributed by atoms with Crippen LogP contribution in [0.4, 0.5) is 14.4 Å². The third-order valence-corrected chi connectivity index (χ3v) is 5.44. The zero-order valence-electron chi connectivity index (χ0n) is 25.1. The third kappa shape index (κ3) is 15.1. The maximum atomic E-state index is 12.6. The molecular weight excluding hydrogens is 538 g/mol. The van der Waals surface area contributed by atoms with Gasteiger partial charge in [0.25, 0.3) is 0 Å². The van der Waals surface area contributed by atoms with E-state index in [9.17, 15) is 19.2 Å². The summed E-state index contributed by atoms with van der Waals surface area (Å²) in [7, 11) is 0. The summed E-state index contributed by atoms with van der Waals surface area (Å²) in [6, 6.07) is 3.24. The number of unbranched alkanes of at least 4 members (excludes halogenated alkanes) is 2. The Morgan fingerprint density at radius 3 is 1.85 bits per heavy atom. The van der Waals surface area contributed by atoms with E-state index >= 15 is 0 Å². The van der Waals surface area contributed by atoms with Crippen LogP contribution in [0, 0.1) is 11.8 Å². The van der Waals surface area contributed by atoms with Crippen LogP contribution >= 0.6 is 0 Å². The van der Waals surface area contributed by atoms with Crippen molar-refractivity contribution >= 4 is 24.4 Å². The van der Waals surface area contributed by atoms with Crippen molar-refractivity contribution in [3.05, 3.63) is 23.8 Å². The number of esters is 1. The smallest absolute Gasteiger partial charge is 0.458 e. The van der Waals surface area contributed by atoms with Crippen molar-refractivity contribution in [2.45, 2.75) is 92.4 Å². The molecule has 232 valence electrons. The number of ether oxygens (including phenoxy) is 7. The lowest BCUT2D eigenvalue weighted by Crippen LogP contribution is -2.39. The van der Waals surface area contributed by atoms with Crippen LogP contribution in [0.15, 0.2) is 18.2 Å². The second kappa shape index (κ2) is 18.7. The van der Waals surface area contributed by atoms with Gasteiger partial charge in [-0.3, -0.25) is 4.79 Å². The summed E-state index contributed by atoms with van der Waals surface area (Å²) in [5.41, 5.74) is 6.55. The highest BCUT2D eigenvalue weighted by Crippen LogP contribution is 2.30. The SMILES string of the molecule is CCCCCOC(=O)O[C@@H](C)[C@H](C)OC(=O)[C@@H](N)Cc1ccc(OC(=O)OCC(C)C)c(OC(=O)OCC(C)C)c1. The number of benzene rings is 1. The van der Waals surface area contributed by atoms with Crippen molar-refractivity contribution < 1.29 is 52.3 Å². The molecule has 12 nitrogen and oxygen atoms in total. The maximum absolute atomic E-state index is 12.6. The highest BCUT2D eigenvalue weighted by atomic mass is 16.7. The summed E-state index contributed by atoms with van der Waals surface area (Å²) < 4.78 is 36.1. The van der Waals surface area contributed by atoms with Crippen LogP contribution in [-0.2, 0) is 34.9 Å². The van der Waals surface area contributed by atoms with Gasteiger partial charge in [0.05, 0.1) is 19.8 Å². The molecule has 0 saturated carbocycles. The van der Waals surface area contributed by atoms with Crippen LogP contribution in [0.1, 0.15) is 73.3 Å². The summed E-state index contributed by atoms with van der Waals surface area (Å²) in [6.45, 7) is 13.2. The minimum atomic E-state index is -1.10. The van der Waals surface area contributed by atoms with Crippen molar-refractivity contribution in [1.82, 2.24) is 0 Å². The van der Waals surface area contributed by atoms with Crippen LogP contribution in [0.25, 0.3) is 0 Å². The lowest BCUT2D eigenvalue weighted by Gasteiger charge is -2.22. The summed E-state index contributed by atoms with van der Waals surface area (Å²) in [6.07, 6.45) is -1.70. The summed E-state index contributed by atoms with van der Waals surface area (Å²) in [5, 5.41) is 0. The molecule has 0 amide bonds. The molecule has 0 aliphatic rings. The molecule has 0 spiro atoms. The predicted octanol–water partition coefficient (Wildman–Crippen LogP) is 5.56. The Hall–Kier alpha value is -3.54. The van der Waals surface area contributed by atoms with E-state index in [4.69, 9.17) is 38.9 Å². The molecule has 0 fully saturated rings. The van der Waals surface area contributed by atoms with Crippen LogP contribution in [0.2, 0.25) is 0 Å². The first-order valence-electron chi connectivity index (χ1n) is 13.9. The van der Waals surface area contributed by atoms with Crippen molar-refractivity contribution in [2.24, 2.45) is 17.6 Å². The second-order valence-corrected chi connectivity index (χ2v) is 10.5. The van der Waals surface area contributed by atoms with Crippen LogP contribution in [0.3, 0.4) is 0 Å². The minimum absolute atomic E-state index is 0.00423. The Kier molecular flexibility index (Phi) is 16.2. The molecule has 0 saturated heterocycles. The van der Waals surface area contributed by atoms with Crippen LogP contribution in [-0.4, -0.2) is 62.5 Å². The lowest BCUT2D eigenvalue weighted by atomic mass is 10.1. The minimum Gasteiger partial charge on any atom is -0.458 e. The molecule has 41 heavy (non-hydrogen) atoms. The van der Waals surface area contributed by atoms with E-state index in [-0.39, 0.29) is 49.6 Å². The summed E-state index contributed by atoms with van der Waals surface area (Å²) in [4.78, 5) is 48.8. The standard InChI is InChI=1S/C29H45NO11/c1-8-9-10-13-35-27(32)39-21(7)20(6)38-26(31)23(30)14-22-11-12-24(40-28(33)36-16-18(2)3)25(15-22)41-29(34)37-17-19(4)5/h11-12,15,18-21,23H,8-10,13-14,16-17,30H2,1-7H3/t20-,21-,23-/m0/s1. The first-order valence-corrected chi connectivity index (χ1v) is 13.9. The molecule has 0 unspecified atom stereocenters. The lowest BCUT2D eigenvalue weighted by molar-refractivity contribution is -0.155. The summed E-state index contributed by atoms with van der Waals surface area (Å²) >= 11 is 0. The number of hydrogen-bond donors (Lipinski definition) is 1. The average molecular weight is 584 g/mol. The number of carbonyl (C=O) groups excluding carboxylic acids is 4. The Morgan fingerprint density at radius 1 is 0.732 bits per heavy atom. The van der Waals surface area contributed by atoms with Crippen molar-refractivity contribution in [2.75, 3.05) is 19.8 Å². The van der Waals surface area contributed by atoms with E-state index in [0.717, 1.165) is 19.3 Å². The molecular formula is C29H45NO11. The molecule has 3 atom stereocenters. The van der Waals surface area contributed by atoms with Crippen LogP contribution < -0.4 is 15.2 Å². The number of carbonyl (C=O) groups is 4. The van der Waals surface area contributed by atoms with Crippen molar-refractivity contribution in [3.8, 4) is 11.5 Å². The van der Waals surface area contributed by atoms with E-state index in [2.05, 4.69) is 0 Å². The molecule has 1 aromatic rings. The van der Waals surface area contributed by atoms with Gasteiger partial charge in [-0.1, -0.05) is 53.5 Å². The van der Waals surface area contributed by atoms with E-state index in [1.165, 1.54) is 12.1 Å². The molecule has 0 heterocycles. The Morgan fingerprint density at radius 2 is 1.29 bits per heavy atom. The normalized spacial score (nSPS) is 13.1. The Balaban J connectivity index is 2.84. The van der Waals surface area contributed by atoms with Gasteiger partial charge in [-0.25, -0.2) is 14.4 Å². The van der Waals surface area contributed by atoms with Gasteiger partial charge in [-0.15, -0.1) is 0 Å². The first kappa shape index (κ1) is 35.5. The predicted molar refractivity (Wildman–Crippen MR) is 149 cm³/mol. The molecule has 0 bridgehead atoms. The Bertz CT molecular complexity index is 980. The van der Waals surface area contributed by atoms with Gasteiger partial charge in [0.2, 0.25) is 0 Å². The maximum Gasteiger partial charge on any atom is 0.513 e. The summed E-state index contributed by atoms with van der Waals surface area (Å²) in [5.74, 6) is -0.769. The Labute approximate surface area is 242 Å². The first-order chi connectivity index (χ1) is 19.3. The molecule has 0 radical (unpaired) electrons. The molecule has 0 aliphatic heterocycles. The van der Waals surface area contributed by atoms with Gasteiger partial charge in [0.1, 0.15) is 18.2 Å². The fraction of sp³-hybridized carbons (Fsp3) is 0.655. The molecule has 0 aliphatic carbocycles. The zero-order chi connectivity index (χ0) is 30.9. The topological polar surface area (TPSA) is 159 Å². The van der Waals surface area contributed by atoms with Crippen molar-refractivity contribution in [1.29, 1.82) is 0 Å². The van der Waals surface area contributed by atoms with E-state index in [1.807, 2.05) is 34.6 Å². The largest absolute Gasteiger partial charge is 0.513 e. The molecule has 0 aromatic heterocycles. The number of rotatable bonds is 16. The van der Waals surface area contributed by atoms with Gasteiger partial charge in [-0.2, -0.15) is 0 Å². The van der Waals surface area contributed by atoms with Crippen molar-refractivity contribution in [3.63, 3.8) is 0 Å². The van der Waals surface area contributed by atoms with Crippen LogP contribution in [0.5, 0.6) is 11.5 Å². The fourth-order valence-corrected chi connectivity index (χ4v) is 3.04. The monoisotopic (exact) mass is 583 g/mol. The van der Waals surface area contributed by atoms with Gasteiger partial charge in [0, 0.05) is 0 Å². The van der Waals surface area contributed by atoms with Gasteiger partial charge in [-0.05, 0) is 56.2 Å². The molecule has 1 rings (SSSR count). The quantitative estimate of drug-likeness (QED) is 0.112. The van der Waals surface area contributed by atoms with Gasteiger partial charge >= 0.3 is 24.4 Å². The average Bonchev–Trinajstić information content (AvgIpc) is 2.90. The van der Waals surface area contributed by atoms with E-state index in [1.54, 1.807) is 19.9 Å². The zero-order valence-corrected chi connectivity index (χ0v) is 25.1. The molecule has 12 heteroatoms. The molecule has 2 N–H and O–H groups in total. The van der Waals surface area contributed by atoms with E-state index < -0.39 is 42.7 Å². The number of nitrogens with two attached hydrogens (primary N) is 1. The third-order valence-electron chi connectivity index (χ3n) is 5.44. The van der Waals surface area contributed by atoms with Gasteiger partial charge < -0.3 is 38.9 Å². The van der Waals surface area contributed by atoms with Gasteiger partial charge in [0.15, 0.2) is 11.5 Å². The highest BCUT2D eigenvalue weighted by Gasteiger charge is 2.25. The fourth-order valence-electron chi connectivity index (χ4n) is 3.04. The van der Waals surface area contributed by atoms with E-state index in [0.29, 0.717) is 5.56 Å².